The van der Waals surface area contributed by atoms with Crippen molar-refractivity contribution in [2.45, 2.75) is 39.7 Å². The van der Waals surface area contributed by atoms with Gasteiger partial charge in [-0.05, 0) is 31.9 Å². The number of aryl methyl sites for hydroxylation is 1. The van der Waals surface area contributed by atoms with E-state index in [1.807, 2.05) is 31.2 Å². The van der Waals surface area contributed by atoms with E-state index in [9.17, 15) is 4.79 Å². The molecule has 0 amide bonds. The van der Waals surface area contributed by atoms with Crippen molar-refractivity contribution >= 4 is 5.97 Å². The number of benzene rings is 1. The first-order chi connectivity index (χ1) is 8.17. The van der Waals surface area contributed by atoms with Gasteiger partial charge in [0.25, 0.3) is 0 Å². The molecule has 1 atom stereocenters. The second-order valence-electron chi connectivity index (χ2n) is 3.90. The molecule has 0 bridgehead atoms. The standard InChI is InChI=1S/C14H20O3/c1-4-12-8-6-7-9-13(12)17-11(3)10-14(15)16-5-2/h6-9,11H,4-5,10H2,1-3H3. The molecule has 1 aromatic rings. The van der Waals surface area contributed by atoms with Crippen LogP contribution in [-0.4, -0.2) is 18.7 Å². The minimum Gasteiger partial charge on any atom is -0.490 e. The van der Waals surface area contributed by atoms with Gasteiger partial charge in [-0.15, -0.1) is 0 Å². The minimum absolute atomic E-state index is 0.165. The first-order valence-electron chi connectivity index (χ1n) is 6.07. The van der Waals surface area contributed by atoms with Crippen LogP contribution in [0.4, 0.5) is 0 Å². The Morgan fingerprint density at radius 2 is 2.00 bits per heavy atom. The molecule has 94 valence electrons. The van der Waals surface area contributed by atoms with Crippen molar-refractivity contribution < 1.29 is 14.3 Å². The van der Waals surface area contributed by atoms with Crippen LogP contribution < -0.4 is 4.74 Å². The summed E-state index contributed by atoms with van der Waals surface area (Å²) in [7, 11) is 0. The van der Waals surface area contributed by atoms with Gasteiger partial charge >= 0.3 is 5.97 Å². The van der Waals surface area contributed by atoms with Crippen LogP contribution in [0.15, 0.2) is 24.3 Å². The van der Waals surface area contributed by atoms with Crippen LogP contribution in [0.1, 0.15) is 32.8 Å². The van der Waals surface area contributed by atoms with Crippen molar-refractivity contribution in [2.24, 2.45) is 0 Å². The second-order valence-corrected chi connectivity index (χ2v) is 3.90. The minimum atomic E-state index is -0.214. The summed E-state index contributed by atoms with van der Waals surface area (Å²) in [5, 5.41) is 0. The van der Waals surface area contributed by atoms with Crippen molar-refractivity contribution in [3.8, 4) is 5.75 Å². The van der Waals surface area contributed by atoms with E-state index in [1.54, 1.807) is 6.92 Å². The molecule has 0 aromatic heterocycles. The molecule has 0 saturated carbocycles. The Balaban J connectivity index is 2.55. The zero-order chi connectivity index (χ0) is 12.7. The topological polar surface area (TPSA) is 35.5 Å². The molecule has 1 aromatic carbocycles. The molecule has 0 spiro atoms. The molecule has 1 rings (SSSR count). The molecular formula is C14H20O3. The SMILES string of the molecule is CCOC(=O)CC(C)Oc1ccccc1CC. The van der Waals surface area contributed by atoms with Crippen molar-refractivity contribution in [3.05, 3.63) is 29.8 Å². The maximum atomic E-state index is 11.3. The summed E-state index contributed by atoms with van der Waals surface area (Å²) >= 11 is 0. The lowest BCUT2D eigenvalue weighted by Gasteiger charge is -2.16. The van der Waals surface area contributed by atoms with Crippen LogP contribution >= 0.6 is 0 Å². The first-order valence-corrected chi connectivity index (χ1v) is 6.07. The summed E-state index contributed by atoms with van der Waals surface area (Å²) in [6.07, 6.45) is 1.04. The zero-order valence-corrected chi connectivity index (χ0v) is 10.7. The lowest BCUT2D eigenvalue weighted by Crippen LogP contribution is -2.19. The van der Waals surface area contributed by atoms with Gasteiger partial charge in [-0.3, -0.25) is 4.79 Å². The summed E-state index contributed by atoms with van der Waals surface area (Å²) in [6, 6.07) is 7.89. The van der Waals surface area contributed by atoms with E-state index >= 15 is 0 Å². The zero-order valence-electron chi connectivity index (χ0n) is 10.7. The molecule has 0 N–H and O–H groups in total. The summed E-state index contributed by atoms with van der Waals surface area (Å²) in [6.45, 7) is 6.18. The highest BCUT2D eigenvalue weighted by Gasteiger charge is 2.12. The molecule has 3 heteroatoms. The summed E-state index contributed by atoms with van der Waals surface area (Å²) < 4.78 is 10.6. The average Bonchev–Trinajstić information content (AvgIpc) is 2.29. The van der Waals surface area contributed by atoms with Gasteiger partial charge in [0.2, 0.25) is 0 Å². The highest BCUT2D eigenvalue weighted by Crippen LogP contribution is 2.20. The van der Waals surface area contributed by atoms with E-state index in [0.29, 0.717) is 6.61 Å². The molecule has 3 nitrogen and oxygen atoms in total. The number of hydrogen-bond acceptors (Lipinski definition) is 3. The number of ether oxygens (including phenoxy) is 2. The van der Waals surface area contributed by atoms with Gasteiger partial charge in [0.1, 0.15) is 11.9 Å². The molecule has 0 radical (unpaired) electrons. The number of carbonyl (C=O) groups is 1. The van der Waals surface area contributed by atoms with Gasteiger partial charge < -0.3 is 9.47 Å². The normalized spacial score (nSPS) is 11.9. The summed E-state index contributed by atoms with van der Waals surface area (Å²) in [4.78, 5) is 11.3. The maximum absolute atomic E-state index is 11.3. The fraction of sp³-hybridized carbons (Fsp3) is 0.500. The van der Waals surface area contributed by atoms with Crippen LogP contribution in [0.25, 0.3) is 0 Å². The third-order valence-electron chi connectivity index (χ3n) is 2.44. The van der Waals surface area contributed by atoms with E-state index in [1.165, 1.54) is 0 Å². The van der Waals surface area contributed by atoms with Crippen LogP contribution in [0.2, 0.25) is 0 Å². The maximum Gasteiger partial charge on any atom is 0.309 e. The monoisotopic (exact) mass is 236 g/mol. The van der Waals surface area contributed by atoms with Crippen LogP contribution in [-0.2, 0) is 16.0 Å². The molecule has 0 aliphatic rings. The predicted octanol–water partition coefficient (Wildman–Crippen LogP) is 2.97. The van der Waals surface area contributed by atoms with Gasteiger partial charge in [0.15, 0.2) is 0 Å². The molecule has 17 heavy (non-hydrogen) atoms. The van der Waals surface area contributed by atoms with Crippen LogP contribution in [0.3, 0.4) is 0 Å². The van der Waals surface area contributed by atoms with Crippen molar-refractivity contribution in [1.29, 1.82) is 0 Å². The Labute approximate surface area is 103 Å². The van der Waals surface area contributed by atoms with E-state index in [-0.39, 0.29) is 18.5 Å². The van der Waals surface area contributed by atoms with Crippen molar-refractivity contribution in [1.82, 2.24) is 0 Å². The van der Waals surface area contributed by atoms with Gasteiger partial charge in [-0.25, -0.2) is 0 Å². The molecule has 0 saturated heterocycles. The molecule has 1 unspecified atom stereocenters. The fourth-order valence-corrected chi connectivity index (χ4v) is 1.62. The second kappa shape index (κ2) is 6.94. The fourth-order valence-electron chi connectivity index (χ4n) is 1.62. The number of para-hydroxylation sites is 1. The van der Waals surface area contributed by atoms with E-state index in [0.717, 1.165) is 17.7 Å². The highest BCUT2D eigenvalue weighted by atomic mass is 16.5. The van der Waals surface area contributed by atoms with Gasteiger partial charge in [-0.2, -0.15) is 0 Å². The third-order valence-corrected chi connectivity index (χ3v) is 2.44. The molecular weight excluding hydrogens is 216 g/mol. The number of rotatable bonds is 6. The third kappa shape index (κ3) is 4.47. The lowest BCUT2D eigenvalue weighted by molar-refractivity contribution is -0.144. The largest absolute Gasteiger partial charge is 0.490 e. The number of carbonyl (C=O) groups excluding carboxylic acids is 1. The molecule has 0 fully saturated rings. The summed E-state index contributed by atoms with van der Waals surface area (Å²) in [5.74, 6) is 0.640. The van der Waals surface area contributed by atoms with Gasteiger partial charge in [0, 0.05) is 0 Å². The van der Waals surface area contributed by atoms with Crippen LogP contribution in [0, 0.1) is 0 Å². The van der Waals surface area contributed by atoms with E-state index in [4.69, 9.17) is 9.47 Å². The number of hydrogen-bond donors (Lipinski definition) is 0. The Kier molecular flexibility index (Phi) is 5.53. The molecule has 0 heterocycles. The van der Waals surface area contributed by atoms with Gasteiger partial charge in [-0.1, -0.05) is 25.1 Å². The smallest absolute Gasteiger partial charge is 0.309 e. The van der Waals surface area contributed by atoms with Crippen molar-refractivity contribution in [3.63, 3.8) is 0 Å². The molecule has 0 aliphatic carbocycles. The number of esters is 1. The highest BCUT2D eigenvalue weighted by molar-refractivity contribution is 5.69. The average molecular weight is 236 g/mol. The Morgan fingerprint density at radius 1 is 1.29 bits per heavy atom. The Hall–Kier alpha value is -1.51. The van der Waals surface area contributed by atoms with E-state index < -0.39 is 0 Å². The predicted molar refractivity (Wildman–Crippen MR) is 67.2 cm³/mol. The quantitative estimate of drug-likeness (QED) is 0.712. The molecule has 0 aliphatic heterocycles. The first kappa shape index (κ1) is 13.6. The van der Waals surface area contributed by atoms with E-state index in [2.05, 4.69) is 6.92 Å². The van der Waals surface area contributed by atoms with Crippen LogP contribution in [0.5, 0.6) is 5.75 Å². The summed E-state index contributed by atoms with van der Waals surface area (Å²) in [5.41, 5.74) is 1.16. The Morgan fingerprint density at radius 3 is 2.65 bits per heavy atom. The Bertz CT molecular complexity index is 360. The van der Waals surface area contributed by atoms with Crippen molar-refractivity contribution in [2.75, 3.05) is 6.61 Å². The lowest BCUT2D eigenvalue weighted by atomic mass is 10.1. The van der Waals surface area contributed by atoms with Gasteiger partial charge in [0.05, 0.1) is 13.0 Å².